The molecular weight excluding hydrogens is 497 g/mol. The summed E-state index contributed by atoms with van der Waals surface area (Å²) in [5, 5.41) is 3.43. The number of sulfonamides is 1. The van der Waals surface area contributed by atoms with Crippen LogP contribution in [0, 0.1) is 13.8 Å². The highest BCUT2D eigenvalue weighted by molar-refractivity contribution is 7.92. The van der Waals surface area contributed by atoms with Gasteiger partial charge in [0.15, 0.2) is 0 Å². The van der Waals surface area contributed by atoms with Crippen molar-refractivity contribution in [3.8, 4) is 0 Å². The molecule has 1 atom stereocenters. The normalized spacial score (nSPS) is 12.2. The molecule has 0 saturated carbocycles. The zero-order chi connectivity index (χ0) is 25.6. The minimum absolute atomic E-state index is 0.0590. The van der Waals surface area contributed by atoms with Crippen LogP contribution < -0.4 is 9.62 Å². The molecule has 0 radical (unpaired) electrons. The summed E-state index contributed by atoms with van der Waals surface area (Å²) in [4.78, 5) is 26.9. The molecule has 1 N–H and O–H groups in total. The average molecular weight is 529 g/mol. The molecular formula is C24H31Cl2N3O4S. The summed E-state index contributed by atoms with van der Waals surface area (Å²) in [6, 6.07) is 9.84. The third-order valence-electron chi connectivity index (χ3n) is 5.56. The fourth-order valence-corrected chi connectivity index (χ4v) is 5.08. The number of likely N-dealkylation sites (N-methyl/N-ethyl adjacent to an activating group) is 1. The number of amides is 2. The Bertz CT molecular complexity index is 1150. The molecule has 0 aromatic heterocycles. The third-order valence-corrected chi connectivity index (χ3v) is 7.32. The van der Waals surface area contributed by atoms with Gasteiger partial charge in [-0.25, -0.2) is 8.42 Å². The van der Waals surface area contributed by atoms with Crippen LogP contribution in [-0.4, -0.2) is 51.0 Å². The summed E-state index contributed by atoms with van der Waals surface area (Å²) in [7, 11) is -2.05. The van der Waals surface area contributed by atoms with Crippen LogP contribution in [0.1, 0.15) is 36.5 Å². The van der Waals surface area contributed by atoms with E-state index in [2.05, 4.69) is 5.32 Å². The number of carbonyl (C=O) groups excluding carboxylic acids is 2. The SMILES string of the molecule is CNC(=O)[C@@H](C)N(Cc1ccc(Cl)cc1Cl)C(=O)CCCN(c1cc(C)ccc1C)S(C)(=O)=O. The summed E-state index contributed by atoms with van der Waals surface area (Å²) in [6.07, 6.45) is 1.49. The molecule has 186 valence electrons. The van der Waals surface area contributed by atoms with Gasteiger partial charge in [0.05, 0.1) is 11.9 Å². The Morgan fingerprint density at radius 2 is 1.76 bits per heavy atom. The quantitative estimate of drug-likeness (QED) is 0.498. The molecule has 2 aromatic carbocycles. The predicted molar refractivity (Wildman–Crippen MR) is 138 cm³/mol. The average Bonchev–Trinajstić information content (AvgIpc) is 2.76. The van der Waals surface area contributed by atoms with Crippen LogP contribution in [0.4, 0.5) is 5.69 Å². The highest BCUT2D eigenvalue weighted by Gasteiger charge is 2.27. The number of nitrogens with zero attached hydrogens (tertiary/aromatic N) is 2. The molecule has 34 heavy (non-hydrogen) atoms. The summed E-state index contributed by atoms with van der Waals surface area (Å²) in [5.74, 6) is -0.594. The van der Waals surface area contributed by atoms with Crippen LogP contribution >= 0.6 is 23.2 Å². The monoisotopic (exact) mass is 527 g/mol. The van der Waals surface area contributed by atoms with Gasteiger partial charge in [-0.05, 0) is 62.1 Å². The van der Waals surface area contributed by atoms with Crippen molar-refractivity contribution < 1.29 is 18.0 Å². The second kappa shape index (κ2) is 11.9. The van der Waals surface area contributed by atoms with Gasteiger partial charge in [-0.3, -0.25) is 13.9 Å². The summed E-state index contributed by atoms with van der Waals surface area (Å²) in [5.41, 5.74) is 3.02. The Hall–Kier alpha value is -2.29. The number of hydrogen-bond donors (Lipinski definition) is 1. The summed E-state index contributed by atoms with van der Waals surface area (Å²) >= 11 is 12.3. The highest BCUT2D eigenvalue weighted by Crippen LogP contribution is 2.26. The topological polar surface area (TPSA) is 86.8 Å². The number of benzene rings is 2. The number of nitrogens with one attached hydrogen (secondary N) is 1. The summed E-state index contributed by atoms with van der Waals surface area (Å²) < 4.78 is 26.3. The minimum Gasteiger partial charge on any atom is -0.357 e. The van der Waals surface area contributed by atoms with Gasteiger partial charge < -0.3 is 10.2 Å². The van der Waals surface area contributed by atoms with Crippen molar-refractivity contribution in [2.75, 3.05) is 24.2 Å². The molecule has 0 fully saturated rings. The van der Waals surface area contributed by atoms with Crippen LogP contribution in [0.25, 0.3) is 0 Å². The van der Waals surface area contributed by atoms with Crippen LogP contribution in [0.3, 0.4) is 0 Å². The summed E-state index contributed by atoms with van der Waals surface area (Å²) in [6.45, 7) is 5.64. The second-order valence-corrected chi connectivity index (χ2v) is 11.0. The van der Waals surface area contributed by atoms with Crippen LogP contribution in [0.15, 0.2) is 36.4 Å². The van der Waals surface area contributed by atoms with Crippen LogP contribution in [0.2, 0.25) is 10.0 Å². The number of carbonyl (C=O) groups is 2. The molecule has 2 rings (SSSR count). The first-order chi connectivity index (χ1) is 15.8. The van der Waals surface area contributed by atoms with E-state index in [0.717, 1.165) is 17.4 Å². The van der Waals surface area contributed by atoms with Crippen molar-refractivity contribution in [2.24, 2.45) is 0 Å². The van der Waals surface area contributed by atoms with Gasteiger partial charge in [-0.15, -0.1) is 0 Å². The third kappa shape index (κ3) is 7.35. The molecule has 0 spiro atoms. The molecule has 0 bridgehead atoms. The van der Waals surface area contributed by atoms with Crippen LogP contribution in [-0.2, 0) is 26.2 Å². The van der Waals surface area contributed by atoms with Gasteiger partial charge in [0.2, 0.25) is 21.8 Å². The van der Waals surface area contributed by atoms with Gasteiger partial charge in [0.1, 0.15) is 6.04 Å². The van der Waals surface area contributed by atoms with E-state index >= 15 is 0 Å². The maximum Gasteiger partial charge on any atom is 0.242 e. The number of rotatable bonds is 10. The number of aryl methyl sites for hydroxylation is 2. The molecule has 0 aliphatic carbocycles. The Kier molecular flexibility index (Phi) is 9.79. The molecule has 2 aromatic rings. The Labute approximate surface area is 212 Å². The van der Waals surface area contributed by atoms with E-state index in [9.17, 15) is 18.0 Å². The van der Waals surface area contributed by atoms with Gasteiger partial charge in [0.25, 0.3) is 0 Å². The van der Waals surface area contributed by atoms with Crippen molar-refractivity contribution in [1.29, 1.82) is 0 Å². The Morgan fingerprint density at radius 1 is 1.09 bits per heavy atom. The van der Waals surface area contributed by atoms with E-state index in [-0.39, 0.29) is 37.7 Å². The van der Waals surface area contributed by atoms with Crippen molar-refractivity contribution in [1.82, 2.24) is 10.2 Å². The number of halogens is 2. The van der Waals surface area contributed by atoms with Gasteiger partial charge in [-0.2, -0.15) is 0 Å². The van der Waals surface area contributed by atoms with E-state index in [0.29, 0.717) is 21.3 Å². The van der Waals surface area contributed by atoms with E-state index < -0.39 is 16.1 Å². The van der Waals surface area contributed by atoms with Gasteiger partial charge in [-0.1, -0.05) is 41.4 Å². The standard InChI is InChI=1S/C24H31Cl2N3O4S/c1-16-8-9-17(2)22(13-16)29(34(5,32)33)12-6-7-23(30)28(18(3)24(31)27-4)15-19-10-11-20(25)14-21(19)26/h8-11,13-14,18H,6-7,12,15H2,1-5H3,(H,27,31)/t18-/m1/s1. The van der Waals surface area contributed by atoms with E-state index in [4.69, 9.17) is 23.2 Å². The molecule has 10 heteroatoms. The zero-order valence-electron chi connectivity index (χ0n) is 20.1. The molecule has 0 saturated heterocycles. The zero-order valence-corrected chi connectivity index (χ0v) is 22.4. The molecule has 0 unspecified atom stereocenters. The van der Waals surface area contributed by atoms with Gasteiger partial charge >= 0.3 is 0 Å². The van der Waals surface area contributed by atoms with Gasteiger partial charge in [0, 0.05) is 36.6 Å². The highest BCUT2D eigenvalue weighted by atomic mass is 35.5. The molecule has 0 heterocycles. The lowest BCUT2D eigenvalue weighted by Gasteiger charge is -2.29. The Morgan fingerprint density at radius 3 is 2.35 bits per heavy atom. The maximum absolute atomic E-state index is 13.2. The van der Waals surface area contributed by atoms with E-state index in [1.165, 1.54) is 16.3 Å². The lowest BCUT2D eigenvalue weighted by Crippen LogP contribution is -2.46. The largest absolute Gasteiger partial charge is 0.357 e. The first-order valence-corrected chi connectivity index (χ1v) is 13.5. The van der Waals surface area contributed by atoms with E-state index in [1.807, 2.05) is 32.0 Å². The first kappa shape index (κ1) is 28.0. The minimum atomic E-state index is -3.55. The molecule has 2 amide bonds. The first-order valence-electron chi connectivity index (χ1n) is 10.8. The van der Waals surface area contributed by atoms with Crippen molar-refractivity contribution in [3.05, 3.63) is 63.1 Å². The second-order valence-electron chi connectivity index (χ2n) is 8.28. The van der Waals surface area contributed by atoms with Crippen molar-refractivity contribution in [2.45, 2.75) is 46.2 Å². The lowest BCUT2D eigenvalue weighted by atomic mass is 10.1. The molecule has 0 aliphatic heterocycles. The molecule has 0 aliphatic rings. The number of anilines is 1. The Balaban J connectivity index is 2.21. The lowest BCUT2D eigenvalue weighted by molar-refractivity contribution is -0.140. The fourth-order valence-electron chi connectivity index (χ4n) is 3.60. The predicted octanol–water partition coefficient (Wildman–Crippen LogP) is 4.32. The van der Waals surface area contributed by atoms with Crippen LogP contribution in [0.5, 0.6) is 0 Å². The van der Waals surface area contributed by atoms with E-state index in [1.54, 1.807) is 25.1 Å². The van der Waals surface area contributed by atoms with Crippen molar-refractivity contribution in [3.63, 3.8) is 0 Å². The number of hydrogen-bond acceptors (Lipinski definition) is 4. The fraction of sp³-hybridized carbons (Fsp3) is 0.417. The molecule has 7 nitrogen and oxygen atoms in total. The van der Waals surface area contributed by atoms with Crippen molar-refractivity contribution >= 4 is 50.7 Å². The maximum atomic E-state index is 13.2. The smallest absolute Gasteiger partial charge is 0.242 e.